The summed E-state index contributed by atoms with van der Waals surface area (Å²) >= 11 is 0. The molecular formula is C21H17N3O. The third-order valence-electron chi connectivity index (χ3n) is 4.90. The summed E-state index contributed by atoms with van der Waals surface area (Å²) in [4.78, 5) is 8.17. The highest BCUT2D eigenvalue weighted by molar-refractivity contribution is 5.98. The Morgan fingerprint density at radius 3 is 2.48 bits per heavy atom. The predicted molar refractivity (Wildman–Crippen MR) is 101 cm³/mol. The van der Waals surface area contributed by atoms with Crippen LogP contribution in [-0.2, 0) is 0 Å². The van der Waals surface area contributed by atoms with Crippen LogP contribution < -0.4 is 0 Å². The zero-order valence-corrected chi connectivity index (χ0v) is 14.0. The molecule has 0 aliphatic carbocycles. The number of rotatable bonds is 1. The second-order valence-electron chi connectivity index (χ2n) is 6.54. The molecule has 0 spiro atoms. The van der Waals surface area contributed by atoms with Gasteiger partial charge in [0, 0.05) is 11.6 Å². The Bertz CT molecular complexity index is 1260. The van der Waals surface area contributed by atoms with E-state index in [2.05, 4.69) is 59.6 Å². The second-order valence-corrected chi connectivity index (χ2v) is 6.54. The number of H-pyrrole nitrogens is 1. The highest BCUT2D eigenvalue weighted by atomic mass is 16.3. The van der Waals surface area contributed by atoms with Gasteiger partial charge in [0.05, 0.1) is 22.1 Å². The van der Waals surface area contributed by atoms with Crippen molar-refractivity contribution in [3.63, 3.8) is 0 Å². The number of phenols is 1. The van der Waals surface area contributed by atoms with Crippen LogP contribution in [0.25, 0.3) is 39.0 Å². The van der Waals surface area contributed by atoms with E-state index >= 15 is 0 Å². The number of phenolic OH excluding ortho intramolecular Hbond substituents is 1. The van der Waals surface area contributed by atoms with E-state index in [4.69, 9.17) is 4.98 Å². The second kappa shape index (κ2) is 4.86. The van der Waals surface area contributed by atoms with Crippen molar-refractivity contribution in [1.82, 2.24) is 14.4 Å². The van der Waals surface area contributed by atoms with Crippen LogP contribution in [0.15, 0.2) is 54.6 Å². The molecule has 0 bridgehead atoms. The zero-order chi connectivity index (χ0) is 17.1. The third kappa shape index (κ3) is 1.91. The average Bonchev–Trinajstić information content (AvgIpc) is 3.10. The first-order valence-electron chi connectivity index (χ1n) is 8.32. The topological polar surface area (TPSA) is 53.3 Å². The molecule has 0 saturated heterocycles. The van der Waals surface area contributed by atoms with E-state index < -0.39 is 0 Å². The first-order valence-corrected chi connectivity index (χ1v) is 8.32. The van der Waals surface area contributed by atoms with Gasteiger partial charge in [0.1, 0.15) is 5.75 Å². The van der Waals surface area contributed by atoms with Crippen molar-refractivity contribution in [3.8, 4) is 16.9 Å². The summed E-state index contributed by atoms with van der Waals surface area (Å²) in [6, 6.07) is 18.0. The predicted octanol–water partition coefficient (Wildman–Crippen LogP) is 4.96. The minimum Gasteiger partial charge on any atom is -0.508 e. The Morgan fingerprint density at radius 1 is 0.920 bits per heavy atom. The maximum absolute atomic E-state index is 9.71. The maximum Gasteiger partial charge on any atom is 0.213 e. The van der Waals surface area contributed by atoms with Gasteiger partial charge in [-0.1, -0.05) is 30.3 Å². The van der Waals surface area contributed by atoms with Crippen LogP contribution in [-0.4, -0.2) is 19.5 Å². The van der Waals surface area contributed by atoms with E-state index in [1.807, 2.05) is 6.07 Å². The molecule has 0 fully saturated rings. The van der Waals surface area contributed by atoms with E-state index in [0.717, 1.165) is 33.4 Å². The monoisotopic (exact) mass is 327 g/mol. The Hall–Kier alpha value is -3.27. The van der Waals surface area contributed by atoms with E-state index in [1.165, 1.54) is 16.7 Å². The standard InChI is InChI=1S/C21H17N3O/c1-12-5-3-6-13(2)19(12)15-7-4-8-18-20(15)23-21-22-16-11-14(25)9-10-17(16)24(18)21/h3-11,25H,1-2H3,(H,22,23). The number of benzene rings is 3. The number of imidazole rings is 2. The summed E-state index contributed by atoms with van der Waals surface area (Å²) in [5.74, 6) is 1.03. The van der Waals surface area contributed by atoms with Gasteiger partial charge in [0.25, 0.3) is 0 Å². The SMILES string of the molecule is Cc1cccc(C)c1-c1cccc2c1nc1[nH]c3cc(O)ccc3n12. The van der Waals surface area contributed by atoms with E-state index in [1.54, 1.807) is 12.1 Å². The fourth-order valence-corrected chi connectivity index (χ4v) is 3.81. The molecule has 0 saturated carbocycles. The number of fused-ring (bicyclic) bond motifs is 5. The normalized spacial score (nSPS) is 11.8. The van der Waals surface area contributed by atoms with Crippen molar-refractivity contribution in [2.45, 2.75) is 13.8 Å². The Morgan fingerprint density at radius 2 is 1.68 bits per heavy atom. The van der Waals surface area contributed by atoms with Gasteiger partial charge in [0.15, 0.2) is 0 Å². The van der Waals surface area contributed by atoms with Gasteiger partial charge >= 0.3 is 0 Å². The summed E-state index contributed by atoms with van der Waals surface area (Å²) in [6.45, 7) is 4.28. The molecule has 4 heteroatoms. The molecule has 0 atom stereocenters. The van der Waals surface area contributed by atoms with Crippen LogP contribution in [0.4, 0.5) is 0 Å². The molecule has 3 aromatic carbocycles. The van der Waals surface area contributed by atoms with Crippen molar-refractivity contribution in [2.75, 3.05) is 0 Å². The molecule has 0 radical (unpaired) electrons. The molecule has 0 amide bonds. The first-order chi connectivity index (χ1) is 12.1. The van der Waals surface area contributed by atoms with Gasteiger partial charge in [-0.2, -0.15) is 0 Å². The van der Waals surface area contributed by atoms with Crippen LogP contribution in [0, 0.1) is 13.8 Å². The molecule has 0 aliphatic rings. The quantitative estimate of drug-likeness (QED) is 0.457. The summed E-state index contributed by atoms with van der Waals surface area (Å²) < 4.78 is 2.11. The van der Waals surface area contributed by atoms with Crippen molar-refractivity contribution in [2.24, 2.45) is 0 Å². The molecule has 25 heavy (non-hydrogen) atoms. The van der Waals surface area contributed by atoms with Crippen molar-refractivity contribution in [3.05, 3.63) is 65.7 Å². The number of aromatic amines is 1. The van der Waals surface area contributed by atoms with Gasteiger partial charge in [-0.05, 0) is 48.7 Å². The number of hydrogen-bond donors (Lipinski definition) is 2. The fourth-order valence-electron chi connectivity index (χ4n) is 3.81. The minimum atomic E-state index is 0.248. The Balaban J connectivity index is 1.91. The smallest absolute Gasteiger partial charge is 0.213 e. The maximum atomic E-state index is 9.71. The van der Waals surface area contributed by atoms with Crippen LogP contribution in [0.5, 0.6) is 5.75 Å². The van der Waals surface area contributed by atoms with Crippen molar-refractivity contribution < 1.29 is 5.11 Å². The fraction of sp³-hybridized carbons (Fsp3) is 0.0952. The molecule has 5 aromatic rings. The first kappa shape index (κ1) is 14.1. The number of aromatic hydroxyl groups is 1. The highest BCUT2D eigenvalue weighted by Crippen LogP contribution is 2.34. The molecule has 2 heterocycles. The molecule has 5 rings (SSSR count). The van der Waals surface area contributed by atoms with E-state index in [-0.39, 0.29) is 5.75 Å². The number of para-hydroxylation sites is 1. The Labute approximate surface area is 144 Å². The molecule has 122 valence electrons. The van der Waals surface area contributed by atoms with Crippen molar-refractivity contribution >= 4 is 27.8 Å². The number of aromatic nitrogens is 3. The third-order valence-corrected chi connectivity index (χ3v) is 4.90. The lowest BCUT2D eigenvalue weighted by molar-refractivity contribution is 0.476. The largest absolute Gasteiger partial charge is 0.508 e. The summed E-state index contributed by atoms with van der Waals surface area (Å²) in [7, 11) is 0. The van der Waals surface area contributed by atoms with Crippen LogP contribution >= 0.6 is 0 Å². The lowest BCUT2D eigenvalue weighted by Crippen LogP contribution is -1.89. The number of hydrogen-bond acceptors (Lipinski definition) is 2. The minimum absolute atomic E-state index is 0.248. The van der Waals surface area contributed by atoms with Crippen LogP contribution in [0.3, 0.4) is 0 Å². The van der Waals surface area contributed by atoms with Gasteiger partial charge in [-0.15, -0.1) is 0 Å². The highest BCUT2D eigenvalue weighted by Gasteiger charge is 2.16. The molecule has 0 unspecified atom stereocenters. The van der Waals surface area contributed by atoms with Crippen LogP contribution in [0.1, 0.15) is 11.1 Å². The van der Waals surface area contributed by atoms with Crippen LogP contribution in [0.2, 0.25) is 0 Å². The summed E-state index contributed by atoms with van der Waals surface area (Å²) in [6.07, 6.45) is 0. The average molecular weight is 327 g/mol. The number of aryl methyl sites for hydroxylation is 2. The number of nitrogens with zero attached hydrogens (tertiary/aromatic N) is 2. The molecule has 0 aliphatic heterocycles. The van der Waals surface area contributed by atoms with Gasteiger partial charge in [-0.25, -0.2) is 4.98 Å². The summed E-state index contributed by atoms with van der Waals surface area (Å²) in [5.41, 5.74) is 8.83. The zero-order valence-electron chi connectivity index (χ0n) is 14.0. The Kier molecular flexibility index (Phi) is 2.74. The van der Waals surface area contributed by atoms with Crippen molar-refractivity contribution in [1.29, 1.82) is 0 Å². The van der Waals surface area contributed by atoms with E-state index in [0.29, 0.717) is 0 Å². The summed E-state index contributed by atoms with van der Waals surface area (Å²) in [5, 5.41) is 9.71. The van der Waals surface area contributed by atoms with Gasteiger partial charge in [0.2, 0.25) is 5.78 Å². The lowest BCUT2D eigenvalue weighted by Gasteiger charge is -2.10. The molecule has 4 nitrogen and oxygen atoms in total. The van der Waals surface area contributed by atoms with Gasteiger partial charge < -0.3 is 10.1 Å². The molecule has 2 N–H and O–H groups in total. The van der Waals surface area contributed by atoms with Gasteiger partial charge in [-0.3, -0.25) is 4.40 Å². The number of nitrogens with one attached hydrogen (secondary N) is 1. The molecular weight excluding hydrogens is 310 g/mol. The van der Waals surface area contributed by atoms with E-state index in [9.17, 15) is 5.11 Å². The lowest BCUT2D eigenvalue weighted by atomic mass is 9.95. The molecule has 2 aromatic heterocycles.